The Kier molecular flexibility index (Phi) is 5.84. The first kappa shape index (κ1) is 14.5. The molecule has 1 aromatic rings. The average Bonchev–Trinajstić information content (AvgIpc) is 2.91. The van der Waals surface area contributed by atoms with Crippen molar-refractivity contribution in [1.82, 2.24) is 10.3 Å². The normalized spacial score (nSPS) is 17.8. The van der Waals surface area contributed by atoms with Gasteiger partial charge in [0.05, 0.1) is 0 Å². The van der Waals surface area contributed by atoms with E-state index in [1.165, 1.54) is 49.8 Å². The maximum Gasteiger partial charge on any atom is 0.0419 e. The summed E-state index contributed by atoms with van der Waals surface area (Å²) in [6.07, 6.45) is 11.4. The summed E-state index contributed by atoms with van der Waals surface area (Å²) in [6, 6.07) is 4.97. The first-order valence-electron chi connectivity index (χ1n) is 7.93. The fraction of sp³-hybridized carbons (Fsp3) is 0.706. The van der Waals surface area contributed by atoms with Gasteiger partial charge in [0.15, 0.2) is 0 Å². The average molecular weight is 260 g/mol. The monoisotopic (exact) mass is 260 g/mol. The number of hydrogen-bond acceptors (Lipinski definition) is 2. The fourth-order valence-corrected chi connectivity index (χ4v) is 3.11. The van der Waals surface area contributed by atoms with Crippen LogP contribution in [-0.2, 0) is 6.42 Å². The molecular weight excluding hydrogens is 232 g/mol. The third kappa shape index (κ3) is 4.94. The number of rotatable bonds is 7. The Morgan fingerprint density at radius 2 is 2.11 bits per heavy atom. The SMILES string of the molecule is CCCNC(Cc1ccc(C)cn1)CC1CCCC1. The van der Waals surface area contributed by atoms with Gasteiger partial charge in [0.1, 0.15) is 0 Å². The second kappa shape index (κ2) is 7.64. The third-order valence-electron chi connectivity index (χ3n) is 4.20. The number of pyridine rings is 1. The molecule has 1 fully saturated rings. The van der Waals surface area contributed by atoms with Gasteiger partial charge in [-0.05, 0) is 43.9 Å². The molecule has 0 bridgehead atoms. The van der Waals surface area contributed by atoms with Crippen molar-refractivity contribution >= 4 is 0 Å². The third-order valence-corrected chi connectivity index (χ3v) is 4.20. The van der Waals surface area contributed by atoms with E-state index in [-0.39, 0.29) is 0 Å². The van der Waals surface area contributed by atoms with Crippen molar-refractivity contribution in [3.8, 4) is 0 Å². The second-order valence-electron chi connectivity index (χ2n) is 6.07. The van der Waals surface area contributed by atoms with Crippen LogP contribution in [0.25, 0.3) is 0 Å². The van der Waals surface area contributed by atoms with Crippen molar-refractivity contribution in [2.75, 3.05) is 6.54 Å². The lowest BCUT2D eigenvalue weighted by molar-refractivity contribution is 0.383. The van der Waals surface area contributed by atoms with Gasteiger partial charge in [0, 0.05) is 24.4 Å². The summed E-state index contributed by atoms with van der Waals surface area (Å²) in [4.78, 5) is 4.56. The van der Waals surface area contributed by atoms with Gasteiger partial charge in [-0.2, -0.15) is 0 Å². The molecule has 1 unspecified atom stereocenters. The maximum absolute atomic E-state index is 4.56. The van der Waals surface area contributed by atoms with E-state index in [0.29, 0.717) is 6.04 Å². The molecule has 0 aromatic carbocycles. The van der Waals surface area contributed by atoms with Crippen molar-refractivity contribution in [3.63, 3.8) is 0 Å². The van der Waals surface area contributed by atoms with E-state index in [1.54, 1.807) is 0 Å². The zero-order chi connectivity index (χ0) is 13.5. The number of nitrogens with one attached hydrogen (secondary N) is 1. The predicted molar refractivity (Wildman–Crippen MR) is 81.3 cm³/mol. The minimum absolute atomic E-state index is 0.609. The Balaban J connectivity index is 1.89. The summed E-state index contributed by atoms with van der Waals surface area (Å²) < 4.78 is 0. The second-order valence-corrected chi connectivity index (χ2v) is 6.07. The number of nitrogens with zero attached hydrogens (tertiary/aromatic N) is 1. The molecular formula is C17H28N2. The van der Waals surface area contributed by atoms with E-state index < -0.39 is 0 Å². The molecule has 106 valence electrons. The fourth-order valence-electron chi connectivity index (χ4n) is 3.11. The molecule has 1 aliphatic rings. The summed E-state index contributed by atoms with van der Waals surface area (Å²) in [5.41, 5.74) is 2.48. The van der Waals surface area contributed by atoms with Crippen LogP contribution in [0.4, 0.5) is 0 Å². The summed E-state index contributed by atoms with van der Waals surface area (Å²) in [5.74, 6) is 0.944. The Labute approximate surface area is 118 Å². The van der Waals surface area contributed by atoms with Crippen LogP contribution in [0.15, 0.2) is 18.3 Å². The van der Waals surface area contributed by atoms with Gasteiger partial charge in [0.2, 0.25) is 0 Å². The number of hydrogen-bond donors (Lipinski definition) is 1. The largest absolute Gasteiger partial charge is 0.314 e. The van der Waals surface area contributed by atoms with E-state index in [0.717, 1.165) is 18.9 Å². The highest BCUT2D eigenvalue weighted by Crippen LogP contribution is 2.29. The van der Waals surface area contributed by atoms with Gasteiger partial charge in [-0.15, -0.1) is 0 Å². The Bertz CT molecular complexity index is 352. The summed E-state index contributed by atoms with van der Waals surface area (Å²) in [7, 11) is 0. The van der Waals surface area contributed by atoms with Crippen LogP contribution in [0, 0.1) is 12.8 Å². The molecule has 2 heteroatoms. The van der Waals surface area contributed by atoms with Gasteiger partial charge in [-0.1, -0.05) is 38.7 Å². The number of aromatic nitrogens is 1. The molecule has 0 radical (unpaired) electrons. The molecule has 1 aromatic heterocycles. The molecule has 0 saturated heterocycles. The molecule has 19 heavy (non-hydrogen) atoms. The molecule has 1 N–H and O–H groups in total. The van der Waals surface area contributed by atoms with E-state index in [2.05, 4.69) is 36.3 Å². The summed E-state index contributed by atoms with van der Waals surface area (Å²) in [6.45, 7) is 5.47. The quantitative estimate of drug-likeness (QED) is 0.804. The van der Waals surface area contributed by atoms with E-state index in [4.69, 9.17) is 0 Å². The lowest BCUT2D eigenvalue weighted by Gasteiger charge is -2.21. The van der Waals surface area contributed by atoms with Crippen molar-refractivity contribution < 1.29 is 0 Å². The maximum atomic E-state index is 4.56. The van der Waals surface area contributed by atoms with Gasteiger partial charge >= 0.3 is 0 Å². The molecule has 2 nitrogen and oxygen atoms in total. The smallest absolute Gasteiger partial charge is 0.0419 e. The zero-order valence-electron chi connectivity index (χ0n) is 12.5. The van der Waals surface area contributed by atoms with Gasteiger partial charge in [0.25, 0.3) is 0 Å². The molecule has 1 atom stereocenters. The molecule has 1 saturated carbocycles. The van der Waals surface area contributed by atoms with E-state index in [1.807, 2.05) is 6.20 Å². The molecule has 0 amide bonds. The van der Waals surface area contributed by atoms with Crippen LogP contribution >= 0.6 is 0 Å². The zero-order valence-corrected chi connectivity index (χ0v) is 12.5. The Hall–Kier alpha value is -0.890. The van der Waals surface area contributed by atoms with Gasteiger partial charge < -0.3 is 5.32 Å². The van der Waals surface area contributed by atoms with Crippen molar-refractivity contribution in [1.29, 1.82) is 0 Å². The molecule has 2 rings (SSSR count). The van der Waals surface area contributed by atoms with Crippen LogP contribution in [0.2, 0.25) is 0 Å². The van der Waals surface area contributed by atoms with E-state index in [9.17, 15) is 0 Å². The molecule has 0 spiro atoms. The van der Waals surface area contributed by atoms with Gasteiger partial charge in [-0.3, -0.25) is 4.98 Å². The lowest BCUT2D eigenvalue weighted by atomic mass is 9.95. The van der Waals surface area contributed by atoms with Crippen molar-refractivity contribution in [2.24, 2.45) is 5.92 Å². The highest BCUT2D eigenvalue weighted by molar-refractivity contribution is 5.13. The highest BCUT2D eigenvalue weighted by atomic mass is 14.9. The van der Waals surface area contributed by atoms with Crippen molar-refractivity contribution in [3.05, 3.63) is 29.6 Å². The first-order valence-corrected chi connectivity index (χ1v) is 7.93. The first-order chi connectivity index (χ1) is 9.28. The predicted octanol–water partition coefficient (Wildman–Crippen LogP) is 3.88. The van der Waals surface area contributed by atoms with Crippen LogP contribution in [0.5, 0.6) is 0 Å². The molecule has 1 heterocycles. The minimum Gasteiger partial charge on any atom is -0.314 e. The standard InChI is InChI=1S/C17H28N2/c1-3-10-18-17(11-15-6-4-5-7-15)12-16-9-8-14(2)13-19-16/h8-9,13,15,17-18H,3-7,10-12H2,1-2H3. The Morgan fingerprint density at radius 3 is 2.74 bits per heavy atom. The number of aryl methyl sites for hydroxylation is 1. The van der Waals surface area contributed by atoms with Gasteiger partial charge in [-0.25, -0.2) is 0 Å². The topological polar surface area (TPSA) is 24.9 Å². The lowest BCUT2D eigenvalue weighted by Crippen LogP contribution is -2.33. The van der Waals surface area contributed by atoms with Crippen LogP contribution in [0.1, 0.15) is 56.7 Å². The van der Waals surface area contributed by atoms with Crippen molar-refractivity contribution in [2.45, 2.75) is 64.8 Å². The highest BCUT2D eigenvalue weighted by Gasteiger charge is 2.20. The summed E-state index contributed by atoms with van der Waals surface area (Å²) >= 11 is 0. The van der Waals surface area contributed by atoms with Crippen LogP contribution in [-0.4, -0.2) is 17.6 Å². The Morgan fingerprint density at radius 1 is 1.32 bits per heavy atom. The van der Waals surface area contributed by atoms with E-state index >= 15 is 0 Å². The summed E-state index contributed by atoms with van der Waals surface area (Å²) in [5, 5.41) is 3.72. The molecule has 0 aliphatic heterocycles. The van der Waals surface area contributed by atoms with Crippen LogP contribution in [0.3, 0.4) is 0 Å². The minimum atomic E-state index is 0.609. The van der Waals surface area contributed by atoms with Crippen LogP contribution < -0.4 is 5.32 Å². The molecule has 1 aliphatic carbocycles.